The molecule has 3 rings (SSSR count). The lowest BCUT2D eigenvalue weighted by atomic mass is 10.1. The smallest absolute Gasteiger partial charge is 0.244 e. The maximum atomic E-state index is 5.31. The number of hydrogen-bond acceptors (Lipinski definition) is 5. The van der Waals surface area contributed by atoms with E-state index in [1.54, 1.807) is 12.4 Å². The molecular weight excluding hydrogens is 216 g/mol. The lowest BCUT2D eigenvalue weighted by Crippen LogP contribution is -2.12. The molecule has 1 fully saturated rings. The number of hydrogen-bond donors (Lipinski definition) is 1. The quantitative estimate of drug-likeness (QED) is 0.853. The van der Waals surface area contributed by atoms with Crippen molar-refractivity contribution in [3.8, 4) is 11.4 Å². The molecule has 1 aliphatic heterocycles. The molecular formula is C12H14N4O. The van der Waals surface area contributed by atoms with Crippen LogP contribution in [-0.2, 0) is 0 Å². The fourth-order valence-electron chi connectivity index (χ4n) is 2.08. The van der Waals surface area contributed by atoms with Gasteiger partial charge >= 0.3 is 0 Å². The zero-order valence-corrected chi connectivity index (χ0v) is 9.68. The van der Waals surface area contributed by atoms with Crippen molar-refractivity contribution in [1.29, 1.82) is 0 Å². The SMILES string of the molecule is Cc1ccncc1-c1noc(C2CCCN2)n1. The molecule has 2 aromatic heterocycles. The van der Waals surface area contributed by atoms with Crippen molar-refractivity contribution in [2.45, 2.75) is 25.8 Å². The van der Waals surface area contributed by atoms with Gasteiger partial charge < -0.3 is 9.84 Å². The molecule has 1 atom stereocenters. The Hall–Kier alpha value is -1.75. The Kier molecular flexibility index (Phi) is 2.60. The van der Waals surface area contributed by atoms with Crippen LogP contribution in [0.4, 0.5) is 0 Å². The van der Waals surface area contributed by atoms with Crippen LogP contribution in [0.15, 0.2) is 23.0 Å². The Labute approximate surface area is 99.3 Å². The highest BCUT2D eigenvalue weighted by atomic mass is 16.5. The first kappa shape index (κ1) is 10.4. The van der Waals surface area contributed by atoms with Gasteiger partial charge in [0.05, 0.1) is 6.04 Å². The maximum absolute atomic E-state index is 5.31. The van der Waals surface area contributed by atoms with Crippen molar-refractivity contribution in [3.63, 3.8) is 0 Å². The molecule has 1 unspecified atom stereocenters. The third-order valence-electron chi connectivity index (χ3n) is 3.08. The first-order valence-electron chi connectivity index (χ1n) is 5.82. The second-order valence-corrected chi connectivity index (χ2v) is 4.30. The Morgan fingerprint density at radius 2 is 2.41 bits per heavy atom. The van der Waals surface area contributed by atoms with Gasteiger partial charge in [0.1, 0.15) is 0 Å². The molecule has 0 radical (unpaired) electrons. The topological polar surface area (TPSA) is 63.8 Å². The summed E-state index contributed by atoms with van der Waals surface area (Å²) in [6, 6.07) is 2.16. The summed E-state index contributed by atoms with van der Waals surface area (Å²) in [5.41, 5.74) is 2.03. The zero-order valence-electron chi connectivity index (χ0n) is 9.68. The second kappa shape index (κ2) is 4.25. The lowest BCUT2D eigenvalue weighted by Gasteiger charge is -2.01. The van der Waals surface area contributed by atoms with Gasteiger partial charge in [0, 0.05) is 18.0 Å². The van der Waals surface area contributed by atoms with E-state index in [1.165, 1.54) is 0 Å². The van der Waals surface area contributed by atoms with Crippen LogP contribution < -0.4 is 5.32 Å². The normalized spacial score (nSPS) is 19.7. The fourth-order valence-corrected chi connectivity index (χ4v) is 2.08. The number of nitrogens with zero attached hydrogens (tertiary/aromatic N) is 3. The van der Waals surface area contributed by atoms with Gasteiger partial charge in [-0.3, -0.25) is 4.98 Å². The summed E-state index contributed by atoms with van der Waals surface area (Å²) in [6.07, 6.45) is 5.76. The molecule has 0 aliphatic carbocycles. The Morgan fingerprint density at radius 1 is 1.47 bits per heavy atom. The van der Waals surface area contributed by atoms with Crippen LogP contribution in [-0.4, -0.2) is 21.7 Å². The average Bonchev–Trinajstić information content (AvgIpc) is 3.00. The van der Waals surface area contributed by atoms with E-state index in [9.17, 15) is 0 Å². The molecule has 17 heavy (non-hydrogen) atoms. The van der Waals surface area contributed by atoms with Gasteiger partial charge in [0.2, 0.25) is 11.7 Å². The van der Waals surface area contributed by atoms with Crippen LogP contribution in [0.5, 0.6) is 0 Å². The van der Waals surface area contributed by atoms with Crippen LogP contribution in [0.2, 0.25) is 0 Å². The third kappa shape index (κ3) is 1.93. The highest BCUT2D eigenvalue weighted by Crippen LogP contribution is 2.25. The number of pyridine rings is 1. The van der Waals surface area contributed by atoms with Gasteiger partial charge in [-0.05, 0) is 37.9 Å². The fraction of sp³-hybridized carbons (Fsp3) is 0.417. The summed E-state index contributed by atoms with van der Waals surface area (Å²) < 4.78 is 5.31. The van der Waals surface area contributed by atoms with Gasteiger partial charge in [-0.2, -0.15) is 4.98 Å². The average molecular weight is 230 g/mol. The molecule has 0 saturated carbocycles. The minimum atomic E-state index is 0.216. The number of rotatable bonds is 2. The monoisotopic (exact) mass is 230 g/mol. The van der Waals surface area contributed by atoms with Gasteiger partial charge in [0.25, 0.3) is 0 Å². The van der Waals surface area contributed by atoms with Crippen LogP contribution in [0.3, 0.4) is 0 Å². The highest BCUT2D eigenvalue weighted by Gasteiger charge is 2.22. The molecule has 5 nitrogen and oxygen atoms in total. The molecule has 0 amide bonds. The van der Waals surface area contributed by atoms with Crippen molar-refractivity contribution in [2.75, 3.05) is 6.54 Å². The molecule has 0 bridgehead atoms. The first-order valence-corrected chi connectivity index (χ1v) is 5.82. The molecule has 3 heterocycles. The van der Waals surface area contributed by atoms with E-state index in [2.05, 4.69) is 20.4 Å². The summed E-state index contributed by atoms with van der Waals surface area (Å²) in [5, 5.41) is 7.37. The van der Waals surface area contributed by atoms with Crippen molar-refractivity contribution >= 4 is 0 Å². The van der Waals surface area contributed by atoms with Crippen molar-refractivity contribution in [3.05, 3.63) is 29.9 Å². The van der Waals surface area contributed by atoms with Crippen LogP contribution in [0, 0.1) is 6.92 Å². The van der Waals surface area contributed by atoms with Gasteiger partial charge in [-0.1, -0.05) is 5.16 Å². The molecule has 1 saturated heterocycles. The van der Waals surface area contributed by atoms with E-state index in [1.807, 2.05) is 13.0 Å². The predicted molar refractivity (Wildman–Crippen MR) is 62.2 cm³/mol. The molecule has 1 N–H and O–H groups in total. The van der Waals surface area contributed by atoms with Crippen LogP contribution >= 0.6 is 0 Å². The largest absolute Gasteiger partial charge is 0.337 e. The van der Waals surface area contributed by atoms with Gasteiger partial charge in [-0.25, -0.2) is 0 Å². The summed E-state index contributed by atoms with van der Waals surface area (Å²) >= 11 is 0. The Balaban J connectivity index is 1.92. The molecule has 1 aliphatic rings. The minimum absolute atomic E-state index is 0.216. The molecule has 2 aromatic rings. The van der Waals surface area contributed by atoms with Crippen molar-refractivity contribution < 1.29 is 4.52 Å². The minimum Gasteiger partial charge on any atom is -0.337 e. The van der Waals surface area contributed by atoms with Crippen molar-refractivity contribution in [2.24, 2.45) is 0 Å². The van der Waals surface area contributed by atoms with E-state index in [0.717, 1.165) is 30.5 Å². The molecule has 88 valence electrons. The van der Waals surface area contributed by atoms with E-state index in [-0.39, 0.29) is 6.04 Å². The third-order valence-corrected chi connectivity index (χ3v) is 3.08. The zero-order chi connectivity index (χ0) is 11.7. The molecule has 0 aromatic carbocycles. The first-order chi connectivity index (χ1) is 8.34. The van der Waals surface area contributed by atoms with Crippen LogP contribution in [0.1, 0.15) is 30.3 Å². The second-order valence-electron chi connectivity index (χ2n) is 4.30. The van der Waals surface area contributed by atoms with Gasteiger partial charge in [0.15, 0.2) is 0 Å². The van der Waals surface area contributed by atoms with Gasteiger partial charge in [-0.15, -0.1) is 0 Å². The van der Waals surface area contributed by atoms with E-state index >= 15 is 0 Å². The lowest BCUT2D eigenvalue weighted by molar-refractivity contribution is 0.345. The summed E-state index contributed by atoms with van der Waals surface area (Å²) in [6.45, 7) is 3.04. The number of aromatic nitrogens is 3. The number of nitrogens with one attached hydrogen (secondary N) is 1. The van der Waals surface area contributed by atoms with Crippen molar-refractivity contribution in [1.82, 2.24) is 20.4 Å². The maximum Gasteiger partial charge on any atom is 0.244 e. The summed E-state index contributed by atoms with van der Waals surface area (Å²) in [7, 11) is 0. The van der Waals surface area contributed by atoms with Crippen LogP contribution in [0.25, 0.3) is 11.4 Å². The Bertz CT molecular complexity index is 517. The molecule has 0 spiro atoms. The highest BCUT2D eigenvalue weighted by molar-refractivity contribution is 5.57. The predicted octanol–water partition coefficient (Wildman–Crippen LogP) is 1.86. The van der Waals surface area contributed by atoms with E-state index in [0.29, 0.717) is 11.7 Å². The Morgan fingerprint density at radius 3 is 3.18 bits per heavy atom. The standard InChI is InChI=1S/C12H14N4O/c1-8-4-6-13-7-9(8)11-15-12(17-16-11)10-3-2-5-14-10/h4,6-7,10,14H,2-3,5H2,1H3. The van der Waals surface area contributed by atoms with E-state index < -0.39 is 0 Å². The summed E-state index contributed by atoms with van der Waals surface area (Å²) in [5.74, 6) is 1.31. The summed E-state index contributed by atoms with van der Waals surface area (Å²) in [4.78, 5) is 8.53. The number of aryl methyl sites for hydroxylation is 1. The van der Waals surface area contributed by atoms with E-state index in [4.69, 9.17) is 4.52 Å². The molecule has 5 heteroatoms.